The quantitative estimate of drug-likeness (QED) is 0.651. The predicted molar refractivity (Wildman–Crippen MR) is 118 cm³/mol. The normalized spacial score (nSPS) is 16.8. The fourth-order valence-electron chi connectivity index (χ4n) is 3.98. The average molecular weight is 425 g/mol. The van der Waals surface area contributed by atoms with Crippen LogP contribution in [-0.4, -0.2) is 48.0 Å². The molecule has 3 heterocycles. The van der Waals surface area contributed by atoms with Crippen LogP contribution in [0.5, 0.6) is 0 Å². The highest BCUT2D eigenvalue weighted by Crippen LogP contribution is 2.30. The van der Waals surface area contributed by atoms with Crippen LogP contribution in [0.1, 0.15) is 28.2 Å². The van der Waals surface area contributed by atoms with Crippen LogP contribution in [-0.2, 0) is 0 Å². The van der Waals surface area contributed by atoms with Gasteiger partial charge in [-0.05, 0) is 54.8 Å². The van der Waals surface area contributed by atoms with E-state index in [0.29, 0.717) is 5.56 Å². The van der Waals surface area contributed by atoms with Gasteiger partial charge < -0.3 is 10.2 Å². The molecule has 156 valence electrons. The highest BCUT2D eigenvalue weighted by molar-refractivity contribution is 7.10. The van der Waals surface area contributed by atoms with Crippen LogP contribution in [0.25, 0.3) is 0 Å². The summed E-state index contributed by atoms with van der Waals surface area (Å²) in [5.74, 6) is -0.301. The van der Waals surface area contributed by atoms with Gasteiger partial charge in [0.2, 0.25) is 0 Å². The minimum absolute atomic E-state index is 0.0540. The zero-order valence-electron chi connectivity index (χ0n) is 16.9. The Hall–Kier alpha value is -2.77. The van der Waals surface area contributed by atoms with Crippen LogP contribution in [0, 0.1) is 5.82 Å². The summed E-state index contributed by atoms with van der Waals surface area (Å²) in [5, 5.41) is 5.25. The Kier molecular flexibility index (Phi) is 6.40. The fraction of sp³-hybridized carbons (Fsp3) is 0.304. The van der Waals surface area contributed by atoms with Crippen LogP contribution in [0.4, 0.5) is 10.1 Å². The molecule has 0 unspecified atom stereocenters. The maximum absolute atomic E-state index is 13.2. The van der Waals surface area contributed by atoms with Crippen LogP contribution in [0.3, 0.4) is 0 Å². The summed E-state index contributed by atoms with van der Waals surface area (Å²) in [6.45, 7) is 5.53. The molecule has 2 atom stereocenters. The number of halogens is 1. The molecule has 1 aliphatic rings. The van der Waals surface area contributed by atoms with E-state index in [-0.39, 0.29) is 23.8 Å². The topological polar surface area (TPSA) is 48.5 Å². The van der Waals surface area contributed by atoms with Gasteiger partial charge in [-0.3, -0.25) is 14.7 Å². The number of thiophene rings is 1. The average Bonchev–Trinajstić information content (AvgIpc) is 3.30. The van der Waals surface area contributed by atoms with Crippen molar-refractivity contribution in [3.63, 3.8) is 0 Å². The lowest BCUT2D eigenvalue weighted by atomic mass is 10.0. The highest BCUT2D eigenvalue weighted by atomic mass is 32.1. The van der Waals surface area contributed by atoms with Gasteiger partial charge in [0, 0.05) is 60.7 Å². The Morgan fingerprint density at radius 2 is 1.77 bits per heavy atom. The van der Waals surface area contributed by atoms with Crippen LogP contribution < -0.4 is 10.2 Å². The lowest BCUT2D eigenvalue weighted by molar-refractivity contribution is 0.0890. The number of piperazine rings is 1. The van der Waals surface area contributed by atoms with Crippen molar-refractivity contribution in [2.24, 2.45) is 0 Å². The van der Waals surface area contributed by atoms with Gasteiger partial charge in [0.05, 0.1) is 6.04 Å². The van der Waals surface area contributed by atoms with Crippen LogP contribution >= 0.6 is 11.3 Å². The van der Waals surface area contributed by atoms with Gasteiger partial charge in [-0.1, -0.05) is 6.07 Å². The van der Waals surface area contributed by atoms with Gasteiger partial charge >= 0.3 is 0 Å². The number of hydrogen-bond donors (Lipinski definition) is 1. The third-order valence-electron chi connectivity index (χ3n) is 5.51. The first-order valence-corrected chi connectivity index (χ1v) is 11.0. The number of aromatic nitrogens is 1. The summed E-state index contributed by atoms with van der Waals surface area (Å²) in [7, 11) is 0. The third-order valence-corrected chi connectivity index (χ3v) is 6.45. The summed E-state index contributed by atoms with van der Waals surface area (Å²) in [4.78, 5) is 22.6. The Morgan fingerprint density at radius 1 is 1.07 bits per heavy atom. The SMILES string of the molecule is C[C@@H](NC(=O)c1ccncc1)[C@@H](c1cccs1)N1CCN(c2ccc(F)cc2)CC1. The molecule has 2 aromatic heterocycles. The third kappa shape index (κ3) is 4.68. The van der Waals surface area contributed by atoms with E-state index in [1.54, 1.807) is 35.9 Å². The minimum atomic E-state index is -0.214. The monoisotopic (exact) mass is 424 g/mol. The lowest BCUT2D eigenvalue weighted by Crippen LogP contribution is -2.52. The number of nitrogens with zero attached hydrogens (tertiary/aromatic N) is 3. The second-order valence-corrected chi connectivity index (χ2v) is 8.44. The second kappa shape index (κ2) is 9.36. The van der Waals surface area contributed by atoms with Crippen molar-refractivity contribution >= 4 is 22.9 Å². The molecular formula is C23H25FN4OS. The Labute approximate surface area is 180 Å². The predicted octanol–water partition coefficient (Wildman–Crippen LogP) is 3.96. The number of nitrogens with one attached hydrogen (secondary N) is 1. The Morgan fingerprint density at radius 3 is 2.40 bits per heavy atom. The minimum Gasteiger partial charge on any atom is -0.369 e. The number of benzene rings is 1. The van der Waals surface area contributed by atoms with E-state index in [4.69, 9.17) is 0 Å². The molecule has 1 amide bonds. The van der Waals surface area contributed by atoms with E-state index in [9.17, 15) is 9.18 Å². The molecule has 0 saturated carbocycles. The largest absolute Gasteiger partial charge is 0.369 e. The number of amides is 1. The zero-order chi connectivity index (χ0) is 20.9. The first-order chi connectivity index (χ1) is 14.6. The Bertz CT molecular complexity index is 941. The van der Waals surface area contributed by atoms with Crippen molar-refractivity contribution in [3.8, 4) is 0 Å². The van der Waals surface area contributed by atoms with Gasteiger partial charge in [-0.25, -0.2) is 4.39 Å². The van der Waals surface area contributed by atoms with E-state index in [1.165, 1.54) is 17.0 Å². The number of rotatable bonds is 6. The molecule has 0 bridgehead atoms. The van der Waals surface area contributed by atoms with Crippen LogP contribution in [0.2, 0.25) is 0 Å². The zero-order valence-corrected chi connectivity index (χ0v) is 17.7. The summed E-state index contributed by atoms with van der Waals surface area (Å²) in [5.41, 5.74) is 1.66. The summed E-state index contributed by atoms with van der Waals surface area (Å²) in [6, 6.07) is 14.4. The fourth-order valence-corrected chi connectivity index (χ4v) is 4.95. The van der Waals surface area contributed by atoms with Crippen molar-refractivity contribution in [2.75, 3.05) is 31.1 Å². The van der Waals surface area contributed by atoms with E-state index in [0.717, 1.165) is 31.9 Å². The van der Waals surface area contributed by atoms with E-state index in [1.807, 2.05) is 12.1 Å². The van der Waals surface area contributed by atoms with Gasteiger partial charge in [0.1, 0.15) is 5.82 Å². The molecule has 3 aromatic rings. The van der Waals surface area contributed by atoms with Crippen molar-refractivity contribution in [2.45, 2.75) is 19.0 Å². The number of carbonyl (C=O) groups is 1. The molecule has 1 fully saturated rings. The Balaban J connectivity index is 1.45. The van der Waals surface area contributed by atoms with Gasteiger partial charge in [-0.2, -0.15) is 0 Å². The van der Waals surface area contributed by atoms with Crippen molar-refractivity contribution in [1.29, 1.82) is 0 Å². The summed E-state index contributed by atoms with van der Waals surface area (Å²) >= 11 is 1.72. The molecule has 1 saturated heterocycles. The van der Waals surface area contributed by atoms with Gasteiger partial charge in [0.15, 0.2) is 0 Å². The standard InChI is InChI=1S/C23H25FN4OS/c1-17(26-23(29)18-8-10-25-11-9-18)22(21-3-2-16-30-21)28-14-12-27(13-15-28)20-6-4-19(24)5-7-20/h2-11,16-17,22H,12-15H2,1H3,(H,26,29)/t17-,22+/m1/s1. The summed E-state index contributed by atoms with van der Waals surface area (Å²) < 4.78 is 13.2. The molecule has 1 aromatic carbocycles. The van der Waals surface area contributed by atoms with Crippen molar-refractivity contribution in [3.05, 3.63) is 82.6 Å². The maximum Gasteiger partial charge on any atom is 0.251 e. The number of anilines is 1. The van der Waals surface area contributed by atoms with Crippen molar-refractivity contribution < 1.29 is 9.18 Å². The van der Waals surface area contributed by atoms with E-state index in [2.05, 4.69) is 44.5 Å². The van der Waals surface area contributed by atoms with Gasteiger partial charge in [-0.15, -0.1) is 11.3 Å². The van der Waals surface area contributed by atoms with E-state index < -0.39 is 0 Å². The molecule has 4 rings (SSSR count). The lowest BCUT2D eigenvalue weighted by Gasteiger charge is -2.42. The first-order valence-electron chi connectivity index (χ1n) is 10.1. The van der Waals surface area contributed by atoms with Gasteiger partial charge in [0.25, 0.3) is 5.91 Å². The molecule has 7 heteroatoms. The maximum atomic E-state index is 13.2. The molecule has 30 heavy (non-hydrogen) atoms. The highest BCUT2D eigenvalue weighted by Gasteiger charge is 2.31. The molecule has 1 N–H and O–H groups in total. The molecule has 0 radical (unpaired) electrons. The van der Waals surface area contributed by atoms with E-state index >= 15 is 0 Å². The smallest absolute Gasteiger partial charge is 0.251 e. The second-order valence-electron chi connectivity index (χ2n) is 7.46. The number of carbonyl (C=O) groups excluding carboxylic acids is 1. The molecule has 0 spiro atoms. The van der Waals surface area contributed by atoms with Crippen molar-refractivity contribution in [1.82, 2.24) is 15.2 Å². The summed E-state index contributed by atoms with van der Waals surface area (Å²) in [6.07, 6.45) is 3.26. The molecule has 5 nitrogen and oxygen atoms in total. The van der Waals surface area contributed by atoms with Crippen LogP contribution in [0.15, 0.2) is 66.3 Å². The number of hydrogen-bond acceptors (Lipinski definition) is 5. The first kappa shape index (κ1) is 20.5. The molecular weight excluding hydrogens is 399 g/mol. The number of pyridine rings is 1. The molecule has 1 aliphatic heterocycles. The molecule has 0 aliphatic carbocycles.